The maximum atomic E-state index is 9.39. The summed E-state index contributed by atoms with van der Waals surface area (Å²) in [7, 11) is 1.56. The predicted molar refractivity (Wildman–Crippen MR) is 135 cm³/mol. The van der Waals surface area contributed by atoms with Crippen LogP contribution in [-0.4, -0.2) is 44.4 Å². The van der Waals surface area contributed by atoms with E-state index in [9.17, 15) is 5.53 Å². The van der Waals surface area contributed by atoms with Gasteiger partial charge in [0.05, 0.1) is 38.6 Å². The molecule has 0 aliphatic carbocycles. The lowest BCUT2D eigenvalue weighted by atomic mass is 9.96. The van der Waals surface area contributed by atoms with Gasteiger partial charge in [0.25, 0.3) is 0 Å². The minimum Gasteiger partial charge on any atom is -0.374 e. The van der Waals surface area contributed by atoms with E-state index in [1.54, 1.807) is 7.11 Å². The molecule has 8 heteroatoms. The maximum absolute atomic E-state index is 9.39. The molecule has 1 aliphatic heterocycles. The monoisotopic (exact) mass is 489 g/mol. The van der Waals surface area contributed by atoms with Crippen molar-refractivity contribution >= 4 is 0 Å². The lowest BCUT2D eigenvalue weighted by Gasteiger charge is -2.44. The van der Waals surface area contributed by atoms with Gasteiger partial charge in [0.15, 0.2) is 6.29 Å². The molecule has 0 spiro atoms. The van der Waals surface area contributed by atoms with Crippen LogP contribution in [0, 0.1) is 0 Å². The molecule has 1 heterocycles. The number of azide groups is 1. The summed E-state index contributed by atoms with van der Waals surface area (Å²) in [5.74, 6) is 0. The van der Waals surface area contributed by atoms with E-state index in [0.717, 1.165) is 16.7 Å². The van der Waals surface area contributed by atoms with Crippen LogP contribution in [0.25, 0.3) is 10.4 Å². The molecular formula is C28H31N3O5. The topological polar surface area (TPSA) is 94.9 Å². The number of rotatable bonds is 12. The Balaban J connectivity index is 1.52. The molecule has 36 heavy (non-hydrogen) atoms. The summed E-state index contributed by atoms with van der Waals surface area (Å²) in [6.45, 7) is 1.26. The summed E-state index contributed by atoms with van der Waals surface area (Å²) in [6, 6.07) is 28.8. The molecule has 0 saturated carbocycles. The second kappa shape index (κ2) is 13.8. The van der Waals surface area contributed by atoms with E-state index >= 15 is 0 Å². The highest BCUT2D eigenvalue weighted by molar-refractivity contribution is 5.15. The van der Waals surface area contributed by atoms with E-state index in [0.29, 0.717) is 19.8 Å². The highest BCUT2D eigenvalue weighted by Crippen LogP contribution is 2.30. The third-order valence-corrected chi connectivity index (χ3v) is 6.00. The Morgan fingerprint density at radius 3 is 1.75 bits per heavy atom. The van der Waals surface area contributed by atoms with Crippen molar-refractivity contribution in [2.75, 3.05) is 13.7 Å². The number of hydrogen-bond donors (Lipinski definition) is 0. The fourth-order valence-corrected chi connectivity index (χ4v) is 4.19. The van der Waals surface area contributed by atoms with Gasteiger partial charge in [-0.15, -0.1) is 0 Å². The van der Waals surface area contributed by atoms with Gasteiger partial charge < -0.3 is 23.7 Å². The molecule has 0 radical (unpaired) electrons. The van der Waals surface area contributed by atoms with Crippen LogP contribution >= 0.6 is 0 Å². The third kappa shape index (κ3) is 7.15. The Morgan fingerprint density at radius 1 is 0.750 bits per heavy atom. The minimum atomic E-state index is -0.732. The summed E-state index contributed by atoms with van der Waals surface area (Å²) in [4.78, 5) is 3.10. The Hall–Kier alpha value is -3.23. The van der Waals surface area contributed by atoms with Crippen molar-refractivity contribution in [2.24, 2.45) is 5.11 Å². The largest absolute Gasteiger partial charge is 0.374 e. The van der Waals surface area contributed by atoms with Gasteiger partial charge in [0.1, 0.15) is 12.2 Å². The molecule has 1 aliphatic rings. The van der Waals surface area contributed by atoms with Gasteiger partial charge in [-0.25, -0.2) is 0 Å². The minimum absolute atomic E-state index is 0.203. The van der Waals surface area contributed by atoms with E-state index in [4.69, 9.17) is 23.7 Å². The fraction of sp³-hybridized carbons (Fsp3) is 0.357. The van der Waals surface area contributed by atoms with Gasteiger partial charge in [0, 0.05) is 12.0 Å². The summed E-state index contributed by atoms with van der Waals surface area (Å²) in [5.41, 5.74) is 12.4. The molecule has 3 aromatic rings. The highest BCUT2D eigenvalue weighted by Gasteiger charge is 2.47. The maximum Gasteiger partial charge on any atom is 0.186 e. The second-order valence-electron chi connectivity index (χ2n) is 8.50. The SMILES string of the molecule is CO[C@H]1O[C@H](COCc2ccccc2)[C@H](N=[N+]=[N-])[C@H](OCc2ccccc2)[C@H]1OCc1ccccc1. The van der Waals surface area contributed by atoms with Gasteiger partial charge in [0.2, 0.25) is 0 Å². The van der Waals surface area contributed by atoms with E-state index in [2.05, 4.69) is 10.0 Å². The van der Waals surface area contributed by atoms with Gasteiger partial charge in [-0.2, -0.15) is 0 Å². The highest BCUT2D eigenvalue weighted by atomic mass is 16.7. The molecule has 3 aromatic carbocycles. The first-order valence-corrected chi connectivity index (χ1v) is 11.9. The van der Waals surface area contributed by atoms with Crippen LogP contribution in [0.2, 0.25) is 0 Å². The predicted octanol–water partition coefficient (Wildman–Crippen LogP) is 5.42. The summed E-state index contributed by atoms with van der Waals surface area (Å²) < 4.78 is 30.5. The Bertz CT molecular complexity index is 1080. The molecule has 1 saturated heterocycles. The van der Waals surface area contributed by atoms with Crippen LogP contribution in [0.1, 0.15) is 16.7 Å². The van der Waals surface area contributed by atoms with Crippen LogP contribution in [0.4, 0.5) is 0 Å². The van der Waals surface area contributed by atoms with Crippen LogP contribution in [0.15, 0.2) is 96.1 Å². The molecule has 0 amide bonds. The van der Waals surface area contributed by atoms with Gasteiger partial charge in [-0.05, 0) is 22.2 Å². The zero-order chi connectivity index (χ0) is 25.0. The zero-order valence-electron chi connectivity index (χ0n) is 20.3. The lowest BCUT2D eigenvalue weighted by molar-refractivity contribution is -0.291. The summed E-state index contributed by atoms with van der Waals surface area (Å²) >= 11 is 0. The van der Waals surface area contributed by atoms with Crippen LogP contribution in [0.5, 0.6) is 0 Å². The molecular weight excluding hydrogens is 458 g/mol. The number of hydrogen-bond acceptors (Lipinski definition) is 6. The van der Waals surface area contributed by atoms with Crippen molar-refractivity contribution in [3.8, 4) is 0 Å². The summed E-state index contributed by atoms with van der Waals surface area (Å²) in [6.07, 6.45) is -2.55. The number of nitrogens with zero attached hydrogens (tertiary/aromatic N) is 3. The zero-order valence-corrected chi connectivity index (χ0v) is 20.3. The number of methoxy groups -OCH3 is 1. The molecule has 0 bridgehead atoms. The van der Waals surface area contributed by atoms with Crippen molar-refractivity contribution in [1.82, 2.24) is 0 Å². The Kier molecular flexibility index (Phi) is 9.87. The van der Waals surface area contributed by atoms with Crippen molar-refractivity contribution in [3.05, 3.63) is 118 Å². The molecule has 188 valence electrons. The Morgan fingerprint density at radius 2 is 1.25 bits per heavy atom. The van der Waals surface area contributed by atoms with Crippen LogP contribution in [-0.2, 0) is 43.5 Å². The first-order valence-electron chi connectivity index (χ1n) is 11.9. The van der Waals surface area contributed by atoms with Crippen molar-refractivity contribution < 1.29 is 23.7 Å². The van der Waals surface area contributed by atoms with Crippen molar-refractivity contribution in [3.63, 3.8) is 0 Å². The molecule has 0 aromatic heterocycles. The van der Waals surface area contributed by atoms with E-state index < -0.39 is 30.6 Å². The first-order chi connectivity index (χ1) is 17.8. The van der Waals surface area contributed by atoms with Crippen LogP contribution < -0.4 is 0 Å². The molecule has 5 atom stereocenters. The number of benzene rings is 3. The van der Waals surface area contributed by atoms with Crippen molar-refractivity contribution in [2.45, 2.75) is 50.5 Å². The van der Waals surface area contributed by atoms with Crippen LogP contribution in [0.3, 0.4) is 0 Å². The van der Waals surface area contributed by atoms with E-state index in [1.165, 1.54) is 0 Å². The quantitative estimate of drug-likeness (QED) is 0.192. The average Bonchev–Trinajstić information content (AvgIpc) is 2.93. The lowest BCUT2D eigenvalue weighted by Crippen LogP contribution is -2.60. The number of ether oxygens (including phenoxy) is 5. The average molecular weight is 490 g/mol. The van der Waals surface area contributed by atoms with E-state index in [-0.39, 0.29) is 6.61 Å². The molecule has 8 nitrogen and oxygen atoms in total. The third-order valence-electron chi connectivity index (χ3n) is 6.00. The normalized spacial score (nSPS) is 23.6. The molecule has 1 fully saturated rings. The second-order valence-corrected chi connectivity index (χ2v) is 8.50. The standard InChI is InChI=1S/C28H31N3O5/c1-32-28-27(35-19-23-15-9-4-10-16-23)26(34-18-22-13-7-3-8-14-22)25(30-31-29)24(36-28)20-33-17-21-11-5-2-6-12-21/h2-16,24-28H,17-20H2,1H3/t24-,25+,26+,27-,28+/m1/s1. The Labute approximate surface area is 211 Å². The van der Waals surface area contributed by atoms with Gasteiger partial charge >= 0.3 is 0 Å². The first kappa shape index (κ1) is 25.9. The smallest absolute Gasteiger partial charge is 0.186 e. The van der Waals surface area contributed by atoms with Crippen molar-refractivity contribution in [1.29, 1.82) is 0 Å². The van der Waals surface area contributed by atoms with Gasteiger partial charge in [-0.3, -0.25) is 0 Å². The molecule has 4 rings (SSSR count). The molecule has 0 N–H and O–H groups in total. The van der Waals surface area contributed by atoms with Gasteiger partial charge in [-0.1, -0.05) is 96.1 Å². The van der Waals surface area contributed by atoms with E-state index in [1.807, 2.05) is 91.0 Å². The fourth-order valence-electron chi connectivity index (χ4n) is 4.19. The molecule has 0 unspecified atom stereocenters. The summed E-state index contributed by atoms with van der Waals surface area (Å²) in [5, 5.41) is 4.07.